The summed E-state index contributed by atoms with van der Waals surface area (Å²) in [4.78, 5) is 10.2. The van der Waals surface area contributed by atoms with Crippen LogP contribution in [0.2, 0.25) is 10.3 Å². The molecular formula is C10H13Cl2N3. The van der Waals surface area contributed by atoms with E-state index in [2.05, 4.69) is 14.9 Å². The lowest BCUT2D eigenvalue weighted by Crippen LogP contribution is -2.25. The minimum Gasteiger partial charge on any atom is -0.355 e. The van der Waals surface area contributed by atoms with E-state index in [1.165, 1.54) is 25.7 Å². The van der Waals surface area contributed by atoms with Crippen LogP contribution in [0.15, 0.2) is 6.20 Å². The summed E-state index contributed by atoms with van der Waals surface area (Å²) in [5, 5.41) is 0.847. The Kier molecular flexibility index (Phi) is 3.65. The number of halogens is 2. The van der Waals surface area contributed by atoms with Crippen molar-refractivity contribution in [2.75, 3.05) is 18.0 Å². The van der Waals surface area contributed by atoms with Gasteiger partial charge in [0.15, 0.2) is 5.82 Å². The average Bonchev–Trinajstić information content (AvgIpc) is 2.50. The van der Waals surface area contributed by atoms with Gasteiger partial charge in [0.2, 0.25) is 5.28 Å². The molecule has 82 valence electrons. The van der Waals surface area contributed by atoms with E-state index in [0.29, 0.717) is 5.02 Å². The Hall–Kier alpha value is -0.540. The van der Waals surface area contributed by atoms with Gasteiger partial charge in [0.1, 0.15) is 5.02 Å². The molecule has 0 aromatic carbocycles. The minimum absolute atomic E-state index is 0.263. The van der Waals surface area contributed by atoms with Gasteiger partial charge >= 0.3 is 0 Å². The highest BCUT2D eigenvalue weighted by Crippen LogP contribution is 2.25. The summed E-state index contributed by atoms with van der Waals surface area (Å²) in [6.07, 6.45) is 6.52. The number of hydrogen-bond acceptors (Lipinski definition) is 3. The van der Waals surface area contributed by atoms with Gasteiger partial charge in [-0.25, -0.2) is 4.98 Å². The zero-order chi connectivity index (χ0) is 10.7. The first-order chi connectivity index (χ1) is 7.27. The van der Waals surface area contributed by atoms with Gasteiger partial charge in [-0.15, -0.1) is 0 Å². The normalized spacial score (nSPS) is 17.6. The van der Waals surface area contributed by atoms with Crippen LogP contribution in [-0.2, 0) is 0 Å². The average molecular weight is 246 g/mol. The van der Waals surface area contributed by atoms with E-state index in [1.807, 2.05) is 0 Å². The molecule has 0 bridgehead atoms. The van der Waals surface area contributed by atoms with Crippen LogP contribution < -0.4 is 4.90 Å². The van der Waals surface area contributed by atoms with Gasteiger partial charge in [-0.1, -0.05) is 24.4 Å². The van der Waals surface area contributed by atoms with Crippen LogP contribution >= 0.6 is 23.2 Å². The lowest BCUT2D eigenvalue weighted by molar-refractivity contribution is 0.726. The number of rotatable bonds is 1. The van der Waals surface area contributed by atoms with Crippen molar-refractivity contribution in [1.82, 2.24) is 9.97 Å². The van der Waals surface area contributed by atoms with Crippen molar-refractivity contribution in [1.29, 1.82) is 0 Å². The number of anilines is 1. The molecule has 1 fully saturated rings. The predicted molar refractivity (Wildman–Crippen MR) is 62.7 cm³/mol. The van der Waals surface area contributed by atoms with Crippen LogP contribution in [0.5, 0.6) is 0 Å². The molecule has 0 saturated carbocycles. The molecule has 0 unspecified atom stereocenters. The number of hydrogen-bond donors (Lipinski definition) is 0. The molecule has 3 nitrogen and oxygen atoms in total. The Bertz CT molecular complexity index is 335. The third kappa shape index (κ3) is 2.73. The van der Waals surface area contributed by atoms with Crippen molar-refractivity contribution in [3.8, 4) is 0 Å². The summed E-state index contributed by atoms with van der Waals surface area (Å²) in [5.41, 5.74) is 0. The van der Waals surface area contributed by atoms with Crippen molar-refractivity contribution in [2.45, 2.75) is 25.7 Å². The summed E-state index contributed by atoms with van der Waals surface area (Å²) < 4.78 is 0. The lowest BCUT2D eigenvalue weighted by atomic mass is 10.2. The molecule has 0 atom stereocenters. The second-order valence-electron chi connectivity index (χ2n) is 3.71. The summed E-state index contributed by atoms with van der Waals surface area (Å²) in [6.45, 7) is 2.01. The first-order valence-corrected chi connectivity index (χ1v) is 5.96. The summed E-state index contributed by atoms with van der Waals surface area (Å²) >= 11 is 11.8. The molecule has 0 N–H and O–H groups in total. The summed E-state index contributed by atoms with van der Waals surface area (Å²) in [7, 11) is 0. The van der Waals surface area contributed by atoms with Gasteiger partial charge in [-0.3, -0.25) is 0 Å². The van der Waals surface area contributed by atoms with Crippen molar-refractivity contribution >= 4 is 29.0 Å². The molecule has 0 amide bonds. The Morgan fingerprint density at radius 1 is 1.07 bits per heavy atom. The van der Waals surface area contributed by atoms with Gasteiger partial charge in [-0.2, -0.15) is 4.98 Å². The standard InChI is InChI=1S/C10H13Cl2N3/c11-8-7-13-10(12)14-9(8)15-5-3-1-2-4-6-15/h7H,1-6H2. The molecular weight excluding hydrogens is 233 g/mol. The number of nitrogens with zero attached hydrogens (tertiary/aromatic N) is 3. The molecule has 1 aromatic heterocycles. The monoisotopic (exact) mass is 245 g/mol. The third-order valence-corrected chi connectivity index (χ3v) is 3.05. The van der Waals surface area contributed by atoms with Gasteiger partial charge in [-0.05, 0) is 24.4 Å². The maximum Gasteiger partial charge on any atom is 0.224 e. The summed E-state index contributed by atoms with van der Waals surface area (Å²) in [6, 6.07) is 0. The first kappa shape index (κ1) is 11.0. The van der Waals surface area contributed by atoms with E-state index in [9.17, 15) is 0 Å². The van der Waals surface area contributed by atoms with Gasteiger partial charge in [0.25, 0.3) is 0 Å². The lowest BCUT2D eigenvalue weighted by Gasteiger charge is -2.22. The third-order valence-electron chi connectivity index (χ3n) is 2.60. The Morgan fingerprint density at radius 2 is 1.73 bits per heavy atom. The van der Waals surface area contributed by atoms with Crippen LogP contribution in [0.4, 0.5) is 5.82 Å². The largest absolute Gasteiger partial charge is 0.355 e. The van der Waals surface area contributed by atoms with Crippen LogP contribution in [-0.4, -0.2) is 23.1 Å². The highest BCUT2D eigenvalue weighted by Gasteiger charge is 2.14. The highest BCUT2D eigenvalue weighted by atomic mass is 35.5. The molecule has 2 rings (SSSR count). The smallest absolute Gasteiger partial charge is 0.224 e. The van der Waals surface area contributed by atoms with Crippen LogP contribution in [0.25, 0.3) is 0 Å². The molecule has 1 aromatic rings. The van der Waals surface area contributed by atoms with E-state index < -0.39 is 0 Å². The van der Waals surface area contributed by atoms with Gasteiger partial charge < -0.3 is 4.90 Å². The second-order valence-corrected chi connectivity index (χ2v) is 4.46. The van der Waals surface area contributed by atoms with E-state index in [4.69, 9.17) is 23.2 Å². The van der Waals surface area contributed by atoms with Crippen molar-refractivity contribution in [3.63, 3.8) is 0 Å². The highest BCUT2D eigenvalue weighted by molar-refractivity contribution is 6.33. The molecule has 1 aliphatic heterocycles. The Morgan fingerprint density at radius 3 is 2.40 bits per heavy atom. The SMILES string of the molecule is Clc1ncc(Cl)c(N2CCCCCC2)n1. The van der Waals surface area contributed by atoms with Crippen molar-refractivity contribution in [3.05, 3.63) is 16.5 Å². The van der Waals surface area contributed by atoms with Crippen molar-refractivity contribution < 1.29 is 0 Å². The zero-order valence-corrected chi connectivity index (χ0v) is 9.93. The molecule has 1 aliphatic rings. The topological polar surface area (TPSA) is 29.0 Å². The van der Waals surface area contributed by atoms with Crippen LogP contribution in [0.3, 0.4) is 0 Å². The summed E-state index contributed by atoms with van der Waals surface area (Å²) in [5.74, 6) is 0.776. The molecule has 2 heterocycles. The first-order valence-electron chi connectivity index (χ1n) is 5.20. The number of aromatic nitrogens is 2. The Labute approximate surface area is 99.4 Å². The van der Waals surface area contributed by atoms with E-state index in [0.717, 1.165) is 18.9 Å². The molecule has 0 spiro atoms. The molecule has 0 radical (unpaired) electrons. The Balaban J connectivity index is 2.22. The molecule has 5 heteroatoms. The maximum absolute atomic E-state index is 6.06. The van der Waals surface area contributed by atoms with E-state index in [1.54, 1.807) is 6.20 Å². The van der Waals surface area contributed by atoms with E-state index in [-0.39, 0.29) is 5.28 Å². The van der Waals surface area contributed by atoms with Crippen LogP contribution in [0, 0.1) is 0 Å². The fourth-order valence-electron chi connectivity index (χ4n) is 1.84. The van der Waals surface area contributed by atoms with Gasteiger partial charge in [0, 0.05) is 13.1 Å². The van der Waals surface area contributed by atoms with E-state index >= 15 is 0 Å². The fraction of sp³-hybridized carbons (Fsp3) is 0.600. The maximum atomic E-state index is 6.06. The quantitative estimate of drug-likeness (QED) is 0.712. The van der Waals surface area contributed by atoms with Gasteiger partial charge in [0.05, 0.1) is 6.20 Å². The molecule has 0 aliphatic carbocycles. The van der Waals surface area contributed by atoms with Crippen molar-refractivity contribution in [2.24, 2.45) is 0 Å². The molecule has 15 heavy (non-hydrogen) atoms. The second kappa shape index (κ2) is 4.99. The fourth-order valence-corrected chi connectivity index (χ4v) is 2.18. The molecule has 1 saturated heterocycles. The van der Waals surface area contributed by atoms with Crippen LogP contribution in [0.1, 0.15) is 25.7 Å². The minimum atomic E-state index is 0.263. The zero-order valence-electron chi connectivity index (χ0n) is 8.42. The predicted octanol–water partition coefficient (Wildman–Crippen LogP) is 3.16.